The molecule has 0 N–H and O–H groups in total. The van der Waals surface area contributed by atoms with Crippen molar-refractivity contribution in [3.8, 4) is 5.75 Å². The van der Waals surface area contributed by atoms with E-state index in [0.29, 0.717) is 0 Å². The van der Waals surface area contributed by atoms with Gasteiger partial charge in [0.25, 0.3) is 0 Å². The largest absolute Gasteiger partial charge is 0.465 e. The van der Waals surface area contributed by atoms with Crippen molar-refractivity contribution < 1.29 is 4.74 Å². The molecule has 1 nitrogen and oxygen atoms in total. The minimum atomic E-state index is -0.465. The van der Waals surface area contributed by atoms with Gasteiger partial charge in [-0.1, -0.05) is 26.0 Å². The standard InChI is InChI=1S/C38H42O/c1-19-21(3)27(9)35-33(23(19)5)25(7)26(8)34-24(6)20(2)22(4)28(10)36(34)38(35)15-16-39-32-18-30-29(17-31(32)38)13-14-37(30,11)12/h13-18H,1-12H3. The first-order chi connectivity index (χ1) is 18.3. The Morgan fingerprint density at radius 3 is 1.54 bits per heavy atom. The Bertz CT molecular complexity index is 1650. The third-order valence-electron chi connectivity index (χ3n) is 10.9. The van der Waals surface area contributed by atoms with E-state index in [9.17, 15) is 0 Å². The lowest BCUT2D eigenvalue weighted by molar-refractivity contribution is 0.441. The molecule has 0 unspecified atom stereocenters. The van der Waals surface area contributed by atoms with Gasteiger partial charge in [0.1, 0.15) is 5.75 Å². The molecule has 3 aliphatic rings. The summed E-state index contributed by atoms with van der Waals surface area (Å²) in [6.07, 6.45) is 8.99. The first-order valence-corrected chi connectivity index (χ1v) is 14.4. The Morgan fingerprint density at radius 1 is 0.538 bits per heavy atom. The van der Waals surface area contributed by atoms with Crippen LogP contribution in [-0.2, 0) is 10.8 Å². The topological polar surface area (TPSA) is 9.23 Å². The van der Waals surface area contributed by atoms with Crippen molar-refractivity contribution >= 4 is 17.2 Å². The van der Waals surface area contributed by atoms with Crippen LogP contribution in [0.4, 0.5) is 0 Å². The van der Waals surface area contributed by atoms with Gasteiger partial charge in [-0.2, -0.15) is 0 Å². The number of rotatable bonds is 0. The van der Waals surface area contributed by atoms with Gasteiger partial charge in [-0.25, -0.2) is 0 Å². The lowest BCUT2D eigenvalue weighted by Gasteiger charge is -2.42. The molecule has 39 heavy (non-hydrogen) atoms. The zero-order valence-corrected chi connectivity index (χ0v) is 25.9. The lowest BCUT2D eigenvalue weighted by atomic mass is 9.61. The van der Waals surface area contributed by atoms with E-state index in [0.717, 1.165) is 5.75 Å². The monoisotopic (exact) mass is 514 g/mol. The molecule has 3 aromatic carbocycles. The maximum atomic E-state index is 6.42. The maximum Gasteiger partial charge on any atom is 0.131 e. The van der Waals surface area contributed by atoms with Crippen molar-refractivity contribution in [3.63, 3.8) is 0 Å². The number of allylic oxidation sites excluding steroid dienone is 4. The molecule has 0 radical (unpaired) electrons. The fourth-order valence-corrected chi connectivity index (χ4v) is 7.87. The van der Waals surface area contributed by atoms with Crippen LogP contribution in [0.1, 0.15) is 111 Å². The van der Waals surface area contributed by atoms with Crippen LogP contribution in [0.2, 0.25) is 0 Å². The molecule has 2 aliphatic carbocycles. The van der Waals surface area contributed by atoms with Gasteiger partial charge < -0.3 is 4.74 Å². The average Bonchev–Trinajstić information content (AvgIpc) is 3.17. The highest BCUT2D eigenvalue weighted by Gasteiger charge is 2.48. The summed E-state index contributed by atoms with van der Waals surface area (Å²) in [5.74, 6) is 0.979. The van der Waals surface area contributed by atoms with E-state index in [1.165, 1.54) is 94.6 Å². The van der Waals surface area contributed by atoms with Crippen LogP contribution >= 0.6 is 0 Å². The molecule has 1 heterocycles. The molecule has 6 rings (SSSR count). The Labute approximate surface area is 235 Å². The normalized spacial score (nSPS) is 17.5. The van der Waals surface area contributed by atoms with E-state index < -0.39 is 5.41 Å². The van der Waals surface area contributed by atoms with Gasteiger partial charge in [0.2, 0.25) is 0 Å². The van der Waals surface area contributed by atoms with E-state index in [-0.39, 0.29) is 5.41 Å². The van der Waals surface area contributed by atoms with Crippen LogP contribution in [0, 0.1) is 55.4 Å². The molecule has 0 aromatic heterocycles. The predicted molar refractivity (Wildman–Crippen MR) is 167 cm³/mol. The van der Waals surface area contributed by atoms with Crippen LogP contribution in [0.25, 0.3) is 17.2 Å². The predicted octanol–water partition coefficient (Wildman–Crippen LogP) is 9.96. The van der Waals surface area contributed by atoms with Crippen molar-refractivity contribution in [1.82, 2.24) is 0 Å². The fourth-order valence-electron chi connectivity index (χ4n) is 7.87. The van der Waals surface area contributed by atoms with Gasteiger partial charge in [-0.05, 0) is 176 Å². The van der Waals surface area contributed by atoms with Crippen LogP contribution < -0.4 is 4.74 Å². The zero-order chi connectivity index (χ0) is 28.3. The summed E-state index contributed by atoms with van der Waals surface area (Å²) < 4.78 is 6.42. The van der Waals surface area contributed by atoms with Crippen molar-refractivity contribution in [3.05, 3.63) is 114 Å². The minimum absolute atomic E-state index is 0.00351. The number of hydrogen-bond acceptors (Lipinski definition) is 1. The van der Waals surface area contributed by atoms with Crippen LogP contribution in [0.3, 0.4) is 0 Å². The van der Waals surface area contributed by atoms with Gasteiger partial charge in [-0.15, -0.1) is 0 Å². The third kappa shape index (κ3) is 3.08. The van der Waals surface area contributed by atoms with Crippen molar-refractivity contribution in [1.29, 1.82) is 0 Å². The Morgan fingerprint density at radius 2 is 1.03 bits per heavy atom. The molecule has 0 amide bonds. The summed E-state index contributed by atoms with van der Waals surface area (Å²) >= 11 is 0. The second-order valence-corrected chi connectivity index (χ2v) is 13.0. The van der Waals surface area contributed by atoms with Gasteiger partial charge in [0.05, 0.1) is 11.7 Å². The Hall–Kier alpha value is -3.32. The van der Waals surface area contributed by atoms with Crippen molar-refractivity contribution in [2.45, 2.75) is 93.9 Å². The highest BCUT2D eigenvalue weighted by atomic mass is 16.5. The Kier molecular flexibility index (Phi) is 5.39. The molecule has 3 aromatic rings. The van der Waals surface area contributed by atoms with Gasteiger partial charge in [0, 0.05) is 11.0 Å². The number of hydrogen-bond donors (Lipinski definition) is 0. The summed E-state index contributed by atoms with van der Waals surface area (Å²) in [5, 5.41) is 0. The molecule has 0 saturated carbocycles. The summed E-state index contributed by atoms with van der Waals surface area (Å²) in [7, 11) is 0. The van der Waals surface area contributed by atoms with E-state index in [2.05, 4.69) is 113 Å². The third-order valence-corrected chi connectivity index (χ3v) is 10.9. The van der Waals surface area contributed by atoms with Crippen LogP contribution in [0.15, 0.2) is 30.5 Å². The molecular weight excluding hydrogens is 472 g/mol. The SMILES string of the molecule is CC1=C(C)c2c(C)c(C)c(C)c(C)c2C2(C=COc3cc4c(cc32)C=CC4(C)C)c2c(C)c(C)c(C)c(C)c21. The van der Waals surface area contributed by atoms with Gasteiger partial charge in [0.15, 0.2) is 0 Å². The molecule has 1 heteroatoms. The highest BCUT2D eigenvalue weighted by molar-refractivity contribution is 5.98. The lowest BCUT2D eigenvalue weighted by Crippen LogP contribution is -2.34. The summed E-state index contributed by atoms with van der Waals surface area (Å²) in [6.45, 7) is 27.8. The molecule has 0 atom stereocenters. The van der Waals surface area contributed by atoms with Gasteiger partial charge in [-0.3, -0.25) is 0 Å². The zero-order valence-electron chi connectivity index (χ0n) is 25.9. The summed E-state index contributed by atoms with van der Waals surface area (Å²) in [5.41, 5.74) is 23.0. The van der Waals surface area contributed by atoms with Gasteiger partial charge >= 0.3 is 0 Å². The summed E-state index contributed by atoms with van der Waals surface area (Å²) in [4.78, 5) is 0. The average molecular weight is 515 g/mol. The highest BCUT2D eigenvalue weighted by Crippen LogP contribution is 2.58. The first kappa shape index (κ1) is 25.9. The maximum absolute atomic E-state index is 6.42. The van der Waals surface area contributed by atoms with E-state index in [4.69, 9.17) is 4.74 Å². The smallest absolute Gasteiger partial charge is 0.131 e. The molecule has 1 aliphatic heterocycles. The molecule has 0 saturated heterocycles. The van der Waals surface area contributed by atoms with Crippen molar-refractivity contribution in [2.75, 3.05) is 0 Å². The molecule has 200 valence electrons. The molecular formula is C38H42O. The first-order valence-electron chi connectivity index (χ1n) is 14.4. The number of fused-ring (bicyclic) bond motifs is 7. The second-order valence-electron chi connectivity index (χ2n) is 13.0. The van der Waals surface area contributed by atoms with E-state index in [1.807, 2.05) is 6.26 Å². The van der Waals surface area contributed by atoms with E-state index in [1.54, 1.807) is 0 Å². The number of benzene rings is 3. The van der Waals surface area contributed by atoms with Crippen LogP contribution in [0.5, 0.6) is 5.75 Å². The molecule has 0 fully saturated rings. The fraction of sp³-hybridized carbons (Fsp3) is 0.368. The van der Waals surface area contributed by atoms with Crippen molar-refractivity contribution in [2.24, 2.45) is 0 Å². The van der Waals surface area contributed by atoms with Crippen LogP contribution in [-0.4, -0.2) is 0 Å². The quantitative estimate of drug-likeness (QED) is 0.290. The Balaban J connectivity index is 1.93. The summed E-state index contributed by atoms with van der Waals surface area (Å²) in [6, 6.07) is 4.76. The second kappa shape index (κ2) is 8.10. The molecule has 1 spiro atoms. The molecule has 0 bridgehead atoms. The number of ether oxygens (including phenoxy) is 1. The minimum Gasteiger partial charge on any atom is -0.465 e. The van der Waals surface area contributed by atoms with E-state index >= 15 is 0 Å².